The molecule has 0 aliphatic heterocycles. The van der Waals surface area contributed by atoms with Crippen LogP contribution in [0.4, 0.5) is 0 Å². The molecule has 3 rings (SSSR count). The maximum Gasteiger partial charge on any atom is 0.253 e. The van der Waals surface area contributed by atoms with E-state index < -0.39 is 0 Å². The highest BCUT2D eigenvalue weighted by molar-refractivity contribution is 5.94. The second-order valence-electron chi connectivity index (χ2n) is 4.16. The van der Waals surface area contributed by atoms with Crippen molar-refractivity contribution in [3.05, 3.63) is 66.2 Å². The predicted molar refractivity (Wildman–Crippen MR) is 70.6 cm³/mol. The summed E-state index contributed by atoms with van der Waals surface area (Å²) in [5.74, 6) is -0.124. The zero-order valence-electron chi connectivity index (χ0n) is 10.2. The lowest BCUT2D eigenvalue weighted by Crippen LogP contribution is -2.23. The maximum atomic E-state index is 12.0. The molecular formula is C14H12N4O. The number of nitrogens with one attached hydrogen (secondary N) is 1. The van der Waals surface area contributed by atoms with Gasteiger partial charge in [-0.3, -0.25) is 9.78 Å². The molecule has 3 heterocycles. The summed E-state index contributed by atoms with van der Waals surface area (Å²) in [4.78, 5) is 16.0. The second-order valence-corrected chi connectivity index (χ2v) is 4.16. The van der Waals surface area contributed by atoms with Crippen LogP contribution in [-0.4, -0.2) is 20.5 Å². The normalized spacial score (nSPS) is 10.5. The summed E-state index contributed by atoms with van der Waals surface area (Å²) in [6, 6.07) is 9.31. The van der Waals surface area contributed by atoms with Crippen LogP contribution in [0.5, 0.6) is 0 Å². The first-order valence-electron chi connectivity index (χ1n) is 5.93. The van der Waals surface area contributed by atoms with Crippen molar-refractivity contribution < 1.29 is 4.79 Å². The second kappa shape index (κ2) is 4.89. The molecular weight excluding hydrogens is 240 g/mol. The van der Waals surface area contributed by atoms with Gasteiger partial charge in [0, 0.05) is 31.3 Å². The lowest BCUT2D eigenvalue weighted by molar-refractivity contribution is 0.0950. The van der Waals surface area contributed by atoms with Crippen LogP contribution in [0.1, 0.15) is 15.9 Å². The first-order valence-corrected chi connectivity index (χ1v) is 5.93. The number of carbonyl (C=O) groups is 1. The fourth-order valence-electron chi connectivity index (χ4n) is 1.84. The fourth-order valence-corrected chi connectivity index (χ4v) is 1.84. The van der Waals surface area contributed by atoms with Gasteiger partial charge in [-0.2, -0.15) is 5.10 Å². The van der Waals surface area contributed by atoms with E-state index in [0.717, 1.165) is 11.1 Å². The third kappa shape index (κ3) is 2.44. The average Bonchev–Trinajstić information content (AvgIpc) is 2.93. The molecule has 94 valence electrons. The number of pyridine rings is 2. The highest BCUT2D eigenvalue weighted by Crippen LogP contribution is 2.05. The van der Waals surface area contributed by atoms with Crippen molar-refractivity contribution in [2.75, 3.05) is 0 Å². The van der Waals surface area contributed by atoms with E-state index in [2.05, 4.69) is 15.4 Å². The fraction of sp³-hybridized carbons (Fsp3) is 0.0714. The van der Waals surface area contributed by atoms with E-state index in [-0.39, 0.29) is 5.91 Å². The Labute approximate surface area is 109 Å². The zero-order chi connectivity index (χ0) is 13.1. The lowest BCUT2D eigenvalue weighted by Gasteiger charge is -2.05. The van der Waals surface area contributed by atoms with E-state index in [9.17, 15) is 4.79 Å². The molecule has 5 heteroatoms. The van der Waals surface area contributed by atoms with E-state index in [1.807, 2.05) is 24.3 Å². The van der Waals surface area contributed by atoms with Gasteiger partial charge < -0.3 is 5.32 Å². The Morgan fingerprint density at radius 3 is 3.00 bits per heavy atom. The third-order valence-electron chi connectivity index (χ3n) is 2.83. The SMILES string of the molecule is O=C(NCc1cccnc1)c1ccc2ccnn2c1. The molecule has 0 saturated carbocycles. The third-order valence-corrected chi connectivity index (χ3v) is 2.83. The van der Waals surface area contributed by atoms with Gasteiger partial charge in [-0.25, -0.2) is 4.52 Å². The van der Waals surface area contributed by atoms with Crippen LogP contribution < -0.4 is 5.32 Å². The maximum absolute atomic E-state index is 12.0. The summed E-state index contributed by atoms with van der Waals surface area (Å²) in [6.45, 7) is 0.462. The van der Waals surface area contributed by atoms with Gasteiger partial charge in [0.25, 0.3) is 5.91 Å². The Balaban J connectivity index is 1.73. The number of carbonyl (C=O) groups excluding carboxylic acids is 1. The number of nitrogens with zero attached hydrogens (tertiary/aromatic N) is 3. The predicted octanol–water partition coefficient (Wildman–Crippen LogP) is 1.66. The first-order chi connectivity index (χ1) is 9.33. The summed E-state index contributed by atoms with van der Waals surface area (Å²) in [7, 11) is 0. The molecule has 1 N–H and O–H groups in total. The van der Waals surface area contributed by atoms with Gasteiger partial charge in [-0.05, 0) is 29.8 Å². The molecule has 0 aliphatic carbocycles. The van der Waals surface area contributed by atoms with E-state index in [4.69, 9.17) is 0 Å². The van der Waals surface area contributed by atoms with Crippen LogP contribution in [0.2, 0.25) is 0 Å². The highest BCUT2D eigenvalue weighted by atomic mass is 16.1. The Morgan fingerprint density at radius 1 is 1.21 bits per heavy atom. The molecule has 0 spiro atoms. The van der Waals surface area contributed by atoms with E-state index in [0.29, 0.717) is 12.1 Å². The number of hydrogen-bond donors (Lipinski definition) is 1. The van der Waals surface area contributed by atoms with Crippen molar-refractivity contribution in [1.82, 2.24) is 19.9 Å². The summed E-state index contributed by atoms with van der Waals surface area (Å²) < 4.78 is 1.68. The minimum atomic E-state index is -0.124. The number of amides is 1. The van der Waals surface area contributed by atoms with E-state index in [1.165, 1.54) is 0 Å². The highest BCUT2D eigenvalue weighted by Gasteiger charge is 2.06. The summed E-state index contributed by atoms with van der Waals surface area (Å²) in [5, 5.41) is 6.96. The van der Waals surface area contributed by atoms with Crippen molar-refractivity contribution >= 4 is 11.4 Å². The topological polar surface area (TPSA) is 59.3 Å². The van der Waals surface area contributed by atoms with E-state index in [1.54, 1.807) is 35.4 Å². The molecule has 0 saturated heterocycles. The summed E-state index contributed by atoms with van der Waals surface area (Å²) in [6.07, 6.45) is 6.86. The van der Waals surface area contributed by atoms with Gasteiger partial charge in [-0.1, -0.05) is 6.07 Å². The molecule has 0 unspecified atom stereocenters. The number of rotatable bonds is 3. The molecule has 0 radical (unpaired) electrons. The smallest absolute Gasteiger partial charge is 0.253 e. The monoisotopic (exact) mass is 252 g/mol. The Bertz CT molecular complexity index is 706. The summed E-state index contributed by atoms with van der Waals surface area (Å²) in [5.41, 5.74) is 2.51. The van der Waals surface area contributed by atoms with Gasteiger partial charge in [0.1, 0.15) is 0 Å². The number of aromatic nitrogens is 3. The van der Waals surface area contributed by atoms with Crippen LogP contribution in [0, 0.1) is 0 Å². The van der Waals surface area contributed by atoms with Crippen molar-refractivity contribution in [2.45, 2.75) is 6.54 Å². The molecule has 0 atom stereocenters. The number of fused-ring (bicyclic) bond motifs is 1. The van der Waals surface area contributed by atoms with Crippen molar-refractivity contribution in [1.29, 1.82) is 0 Å². The minimum absolute atomic E-state index is 0.124. The summed E-state index contributed by atoms with van der Waals surface area (Å²) >= 11 is 0. The van der Waals surface area contributed by atoms with Crippen LogP contribution >= 0.6 is 0 Å². The molecule has 1 amide bonds. The van der Waals surface area contributed by atoms with Gasteiger partial charge in [0.05, 0.1) is 11.1 Å². The molecule has 0 aromatic carbocycles. The molecule has 3 aromatic rings. The molecule has 0 fully saturated rings. The Morgan fingerprint density at radius 2 is 2.16 bits per heavy atom. The van der Waals surface area contributed by atoms with Crippen molar-refractivity contribution in [2.24, 2.45) is 0 Å². The quantitative estimate of drug-likeness (QED) is 0.771. The molecule has 3 aromatic heterocycles. The Hall–Kier alpha value is -2.69. The van der Waals surface area contributed by atoms with Crippen LogP contribution in [0.25, 0.3) is 5.52 Å². The van der Waals surface area contributed by atoms with Gasteiger partial charge in [0.2, 0.25) is 0 Å². The largest absolute Gasteiger partial charge is 0.348 e. The van der Waals surface area contributed by atoms with Crippen LogP contribution in [0.15, 0.2) is 55.1 Å². The molecule has 0 bridgehead atoms. The van der Waals surface area contributed by atoms with E-state index >= 15 is 0 Å². The van der Waals surface area contributed by atoms with Gasteiger partial charge in [0.15, 0.2) is 0 Å². The zero-order valence-corrected chi connectivity index (χ0v) is 10.2. The van der Waals surface area contributed by atoms with Crippen LogP contribution in [0.3, 0.4) is 0 Å². The molecule has 19 heavy (non-hydrogen) atoms. The van der Waals surface area contributed by atoms with Crippen molar-refractivity contribution in [3.8, 4) is 0 Å². The average molecular weight is 252 g/mol. The molecule has 5 nitrogen and oxygen atoms in total. The Kier molecular flexibility index (Phi) is 2.94. The van der Waals surface area contributed by atoms with Crippen molar-refractivity contribution in [3.63, 3.8) is 0 Å². The molecule has 0 aliphatic rings. The van der Waals surface area contributed by atoms with Crippen LogP contribution in [-0.2, 0) is 6.54 Å². The number of hydrogen-bond acceptors (Lipinski definition) is 3. The van der Waals surface area contributed by atoms with Gasteiger partial charge in [-0.15, -0.1) is 0 Å². The standard InChI is InChI=1S/C14H12N4O/c19-14(16-9-11-2-1-6-15-8-11)12-3-4-13-5-7-17-18(13)10-12/h1-8,10H,9H2,(H,16,19). The minimum Gasteiger partial charge on any atom is -0.348 e. The first kappa shape index (κ1) is 11.4. The van der Waals surface area contributed by atoms with Gasteiger partial charge >= 0.3 is 0 Å². The lowest BCUT2D eigenvalue weighted by atomic mass is 10.2.